The Balaban J connectivity index is 2.91. The highest BCUT2D eigenvalue weighted by atomic mass is 16.3. The lowest BCUT2D eigenvalue weighted by molar-refractivity contribution is -0.112. The summed E-state index contributed by atoms with van der Waals surface area (Å²) in [6.45, 7) is 5.31. The molecule has 1 heterocycles. The molecule has 0 saturated heterocycles. The van der Waals surface area contributed by atoms with Crippen molar-refractivity contribution in [1.82, 2.24) is 0 Å². The van der Waals surface area contributed by atoms with Crippen molar-refractivity contribution in [3.05, 3.63) is 29.7 Å². The van der Waals surface area contributed by atoms with Crippen LogP contribution in [0.5, 0.6) is 0 Å². The standard InChI is InChI=1S/C10H12O2/c1-7(4-8(2)11)10-5-9(3)12-6-10/h4-6H,1-3H3/b7-4+. The molecular formula is C10H12O2. The maximum absolute atomic E-state index is 10.7. The largest absolute Gasteiger partial charge is 0.469 e. The second kappa shape index (κ2) is 3.39. The number of rotatable bonds is 2. The van der Waals surface area contributed by atoms with E-state index in [2.05, 4.69) is 0 Å². The number of aryl methyl sites for hydroxylation is 1. The molecule has 12 heavy (non-hydrogen) atoms. The molecule has 0 aliphatic heterocycles. The number of furan rings is 1. The van der Waals surface area contributed by atoms with Crippen LogP contribution in [0.2, 0.25) is 0 Å². The van der Waals surface area contributed by atoms with Gasteiger partial charge in [0.05, 0.1) is 6.26 Å². The van der Waals surface area contributed by atoms with Gasteiger partial charge < -0.3 is 4.42 Å². The minimum atomic E-state index is 0.0614. The van der Waals surface area contributed by atoms with Crippen molar-refractivity contribution in [3.63, 3.8) is 0 Å². The highest BCUT2D eigenvalue weighted by Gasteiger charge is 1.99. The first kappa shape index (κ1) is 8.78. The van der Waals surface area contributed by atoms with Gasteiger partial charge in [-0.15, -0.1) is 0 Å². The van der Waals surface area contributed by atoms with E-state index in [0.29, 0.717) is 0 Å². The Morgan fingerprint density at radius 3 is 2.58 bits per heavy atom. The number of carbonyl (C=O) groups is 1. The lowest BCUT2D eigenvalue weighted by atomic mass is 10.1. The van der Waals surface area contributed by atoms with Crippen molar-refractivity contribution in [2.45, 2.75) is 20.8 Å². The summed E-state index contributed by atoms with van der Waals surface area (Å²) in [4.78, 5) is 10.7. The van der Waals surface area contributed by atoms with Crippen LogP contribution in [0.25, 0.3) is 5.57 Å². The van der Waals surface area contributed by atoms with E-state index < -0.39 is 0 Å². The topological polar surface area (TPSA) is 30.2 Å². The van der Waals surface area contributed by atoms with Crippen LogP contribution in [-0.2, 0) is 4.79 Å². The zero-order chi connectivity index (χ0) is 9.14. The molecule has 1 rings (SSSR count). The van der Waals surface area contributed by atoms with Crippen LogP contribution in [0.1, 0.15) is 25.2 Å². The van der Waals surface area contributed by atoms with Crippen molar-refractivity contribution in [1.29, 1.82) is 0 Å². The van der Waals surface area contributed by atoms with Gasteiger partial charge in [-0.2, -0.15) is 0 Å². The average Bonchev–Trinajstić information content (AvgIpc) is 2.34. The van der Waals surface area contributed by atoms with E-state index in [-0.39, 0.29) is 5.78 Å². The number of carbonyl (C=O) groups excluding carboxylic acids is 1. The average molecular weight is 164 g/mol. The van der Waals surface area contributed by atoms with Gasteiger partial charge in [0, 0.05) is 5.56 Å². The summed E-state index contributed by atoms with van der Waals surface area (Å²) in [5.41, 5.74) is 1.92. The molecule has 2 heteroatoms. The number of hydrogen-bond donors (Lipinski definition) is 0. The summed E-state index contributed by atoms with van der Waals surface area (Å²) in [5.74, 6) is 0.924. The summed E-state index contributed by atoms with van der Waals surface area (Å²) < 4.78 is 5.12. The first-order chi connectivity index (χ1) is 5.59. The third-order valence-corrected chi connectivity index (χ3v) is 1.61. The monoisotopic (exact) mass is 164 g/mol. The Hall–Kier alpha value is -1.31. The molecule has 1 aromatic rings. The molecule has 0 aliphatic carbocycles. The first-order valence-corrected chi connectivity index (χ1v) is 3.84. The van der Waals surface area contributed by atoms with Gasteiger partial charge in [-0.25, -0.2) is 0 Å². The van der Waals surface area contributed by atoms with Crippen LogP contribution in [-0.4, -0.2) is 5.78 Å². The summed E-state index contributed by atoms with van der Waals surface area (Å²) in [6, 6.07) is 1.91. The molecule has 0 radical (unpaired) electrons. The Morgan fingerprint density at radius 1 is 1.50 bits per heavy atom. The third-order valence-electron chi connectivity index (χ3n) is 1.61. The molecule has 0 atom stereocenters. The van der Waals surface area contributed by atoms with E-state index in [0.717, 1.165) is 16.9 Å². The van der Waals surface area contributed by atoms with Gasteiger partial charge in [0.2, 0.25) is 0 Å². The van der Waals surface area contributed by atoms with Gasteiger partial charge in [-0.05, 0) is 38.5 Å². The molecule has 0 aromatic carbocycles. The summed E-state index contributed by atoms with van der Waals surface area (Å²) in [6.07, 6.45) is 3.26. The highest BCUT2D eigenvalue weighted by molar-refractivity contribution is 5.94. The van der Waals surface area contributed by atoms with E-state index in [1.54, 1.807) is 12.3 Å². The van der Waals surface area contributed by atoms with Crippen molar-refractivity contribution in [2.24, 2.45) is 0 Å². The summed E-state index contributed by atoms with van der Waals surface area (Å²) in [5, 5.41) is 0. The van der Waals surface area contributed by atoms with Crippen LogP contribution in [0.3, 0.4) is 0 Å². The predicted octanol–water partition coefficient (Wildman–Crippen LogP) is 2.58. The maximum Gasteiger partial charge on any atom is 0.152 e. The second-order valence-corrected chi connectivity index (χ2v) is 2.88. The minimum Gasteiger partial charge on any atom is -0.469 e. The first-order valence-electron chi connectivity index (χ1n) is 3.84. The second-order valence-electron chi connectivity index (χ2n) is 2.88. The predicted molar refractivity (Wildman–Crippen MR) is 47.8 cm³/mol. The number of hydrogen-bond acceptors (Lipinski definition) is 2. The molecule has 64 valence electrons. The molecular weight excluding hydrogens is 152 g/mol. The van der Waals surface area contributed by atoms with Gasteiger partial charge >= 0.3 is 0 Å². The molecule has 0 saturated carbocycles. The molecule has 0 fully saturated rings. The molecule has 2 nitrogen and oxygen atoms in total. The normalized spacial score (nSPS) is 11.8. The van der Waals surface area contributed by atoms with Gasteiger partial charge in [0.1, 0.15) is 5.76 Å². The maximum atomic E-state index is 10.7. The van der Waals surface area contributed by atoms with Crippen LogP contribution in [0.4, 0.5) is 0 Å². The van der Waals surface area contributed by atoms with Crippen LogP contribution < -0.4 is 0 Å². The van der Waals surface area contributed by atoms with E-state index in [1.165, 1.54) is 6.92 Å². The summed E-state index contributed by atoms with van der Waals surface area (Å²) >= 11 is 0. The zero-order valence-corrected chi connectivity index (χ0v) is 7.55. The van der Waals surface area contributed by atoms with Crippen molar-refractivity contribution in [3.8, 4) is 0 Å². The van der Waals surface area contributed by atoms with Crippen LogP contribution >= 0.6 is 0 Å². The fourth-order valence-corrected chi connectivity index (χ4v) is 1.04. The van der Waals surface area contributed by atoms with Gasteiger partial charge in [0.15, 0.2) is 5.78 Å². The van der Waals surface area contributed by atoms with Crippen molar-refractivity contribution >= 4 is 11.4 Å². The lowest BCUT2D eigenvalue weighted by Crippen LogP contribution is -1.83. The SMILES string of the molecule is CC(=O)/C=C(\C)c1coc(C)c1. The fourth-order valence-electron chi connectivity index (χ4n) is 1.04. The molecule has 0 unspecified atom stereocenters. The van der Waals surface area contributed by atoms with E-state index in [1.807, 2.05) is 19.9 Å². The van der Waals surface area contributed by atoms with E-state index in [9.17, 15) is 4.79 Å². The third kappa shape index (κ3) is 2.09. The highest BCUT2D eigenvalue weighted by Crippen LogP contribution is 2.16. The van der Waals surface area contributed by atoms with Gasteiger partial charge in [-0.3, -0.25) is 4.79 Å². The van der Waals surface area contributed by atoms with Gasteiger partial charge in [-0.1, -0.05) is 0 Å². The zero-order valence-electron chi connectivity index (χ0n) is 7.55. The van der Waals surface area contributed by atoms with Crippen molar-refractivity contribution < 1.29 is 9.21 Å². The van der Waals surface area contributed by atoms with E-state index in [4.69, 9.17) is 4.42 Å². The van der Waals surface area contributed by atoms with Gasteiger partial charge in [0.25, 0.3) is 0 Å². The molecule has 0 aliphatic rings. The fraction of sp³-hybridized carbons (Fsp3) is 0.300. The number of allylic oxidation sites excluding steroid dienone is 2. The molecule has 0 N–H and O–H groups in total. The quantitative estimate of drug-likeness (QED) is 0.629. The minimum absolute atomic E-state index is 0.0614. The Bertz CT molecular complexity index is 318. The Morgan fingerprint density at radius 2 is 2.17 bits per heavy atom. The molecule has 0 bridgehead atoms. The molecule has 0 spiro atoms. The van der Waals surface area contributed by atoms with Crippen LogP contribution in [0, 0.1) is 6.92 Å². The summed E-state index contributed by atoms with van der Waals surface area (Å²) in [7, 11) is 0. The Kier molecular flexibility index (Phi) is 2.48. The number of ketones is 1. The smallest absolute Gasteiger partial charge is 0.152 e. The Labute approximate surface area is 71.9 Å². The lowest BCUT2D eigenvalue weighted by Gasteiger charge is -1.91. The van der Waals surface area contributed by atoms with E-state index >= 15 is 0 Å². The van der Waals surface area contributed by atoms with Crippen LogP contribution in [0.15, 0.2) is 22.8 Å². The molecule has 1 aromatic heterocycles. The molecule has 0 amide bonds. The van der Waals surface area contributed by atoms with Crippen molar-refractivity contribution in [2.75, 3.05) is 0 Å².